The number of amides is 2. The summed E-state index contributed by atoms with van der Waals surface area (Å²) in [4.78, 5) is 29.3. The minimum absolute atomic E-state index is 0.343. The van der Waals surface area contributed by atoms with E-state index in [1.165, 1.54) is 19.0 Å². The number of fused-ring (bicyclic) bond motifs is 2. The number of hydrogen-bond donors (Lipinski definition) is 2. The summed E-state index contributed by atoms with van der Waals surface area (Å²) in [5.74, 6) is 0.195. The quantitative estimate of drug-likeness (QED) is 0.646. The van der Waals surface area contributed by atoms with Gasteiger partial charge in [0.05, 0.1) is 17.8 Å². The van der Waals surface area contributed by atoms with E-state index >= 15 is 0 Å². The highest BCUT2D eigenvalue weighted by Gasteiger charge is 2.21. The first kappa shape index (κ1) is 18.4. The van der Waals surface area contributed by atoms with Crippen LogP contribution < -0.4 is 20.3 Å². The van der Waals surface area contributed by atoms with Gasteiger partial charge in [-0.2, -0.15) is 5.10 Å². The zero-order valence-corrected chi connectivity index (χ0v) is 16.3. The number of nitrogens with one attached hydrogen (secondary N) is 2. The van der Waals surface area contributed by atoms with Crippen molar-refractivity contribution in [2.75, 3.05) is 13.2 Å². The van der Waals surface area contributed by atoms with Crippen molar-refractivity contribution in [1.82, 2.24) is 25.6 Å². The Balaban J connectivity index is 1.26. The third-order valence-electron chi connectivity index (χ3n) is 5.46. The molecule has 1 aliphatic carbocycles. The van der Waals surface area contributed by atoms with Gasteiger partial charge in [-0.25, -0.2) is 9.67 Å². The number of carbonyl (C=O) groups excluding carboxylic acids is 2. The molecule has 3 aromatic rings. The number of benzene rings is 1. The first-order valence-corrected chi connectivity index (χ1v) is 10.0. The van der Waals surface area contributed by atoms with E-state index in [0.29, 0.717) is 41.9 Å². The Bertz CT molecular complexity index is 1120. The van der Waals surface area contributed by atoms with Crippen LogP contribution in [0, 0.1) is 0 Å². The second kappa shape index (κ2) is 7.66. The molecule has 154 valence electrons. The van der Waals surface area contributed by atoms with Gasteiger partial charge >= 0.3 is 0 Å². The molecule has 0 bridgehead atoms. The molecule has 3 heterocycles. The zero-order chi connectivity index (χ0) is 20.5. The molecule has 1 saturated carbocycles. The van der Waals surface area contributed by atoms with Gasteiger partial charge in [0.2, 0.25) is 0 Å². The molecule has 1 aliphatic heterocycles. The van der Waals surface area contributed by atoms with Gasteiger partial charge in [0, 0.05) is 17.1 Å². The van der Waals surface area contributed by atoms with Crippen molar-refractivity contribution in [2.45, 2.75) is 31.7 Å². The van der Waals surface area contributed by atoms with Crippen molar-refractivity contribution in [3.05, 3.63) is 47.8 Å². The Morgan fingerprint density at radius 2 is 1.67 bits per heavy atom. The maximum absolute atomic E-state index is 12.5. The normalized spacial score (nSPS) is 15.9. The van der Waals surface area contributed by atoms with Crippen LogP contribution in [0.25, 0.3) is 11.0 Å². The van der Waals surface area contributed by atoms with E-state index in [-0.39, 0.29) is 0 Å². The molecule has 30 heavy (non-hydrogen) atoms. The topological polar surface area (TPSA) is 107 Å². The number of nitrogens with zero attached hydrogens (tertiary/aromatic N) is 3. The van der Waals surface area contributed by atoms with E-state index in [2.05, 4.69) is 20.9 Å². The van der Waals surface area contributed by atoms with E-state index in [1.54, 1.807) is 30.5 Å². The number of aromatic nitrogens is 3. The molecular formula is C21H21N5O4. The lowest BCUT2D eigenvalue weighted by atomic mass is 10.2. The highest BCUT2D eigenvalue weighted by molar-refractivity contribution is 6.00. The molecule has 2 N–H and O–H groups in total. The van der Waals surface area contributed by atoms with Gasteiger partial charge in [-0.3, -0.25) is 20.4 Å². The molecule has 0 unspecified atom stereocenters. The lowest BCUT2D eigenvalue weighted by molar-refractivity contribution is 0.0846. The van der Waals surface area contributed by atoms with Crippen LogP contribution in [0.15, 0.2) is 36.7 Å². The predicted molar refractivity (Wildman–Crippen MR) is 107 cm³/mol. The third-order valence-corrected chi connectivity index (χ3v) is 5.46. The van der Waals surface area contributed by atoms with Crippen LogP contribution in [0.1, 0.15) is 52.4 Å². The molecule has 0 saturated heterocycles. The lowest BCUT2D eigenvalue weighted by Gasteiger charge is -2.18. The van der Waals surface area contributed by atoms with Gasteiger partial charge in [-0.15, -0.1) is 0 Å². The second-order valence-electron chi connectivity index (χ2n) is 7.43. The van der Waals surface area contributed by atoms with Crippen molar-refractivity contribution in [1.29, 1.82) is 0 Å². The maximum Gasteiger partial charge on any atom is 0.271 e. The fourth-order valence-electron chi connectivity index (χ4n) is 3.92. The summed E-state index contributed by atoms with van der Waals surface area (Å²) < 4.78 is 12.9. The first-order chi connectivity index (χ1) is 14.7. The summed E-state index contributed by atoms with van der Waals surface area (Å²) in [5, 5.41) is 5.26. The minimum atomic E-state index is -0.455. The van der Waals surface area contributed by atoms with Gasteiger partial charge in [-0.1, -0.05) is 12.8 Å². The first-order valence-electron chi connectivity index (χ1n) is 10.0. The standard InChI is InChI=1S/C21H21N5O4/c27-20(13-5-6-17-18(10-13)30-8-7-29-17)24-25-21(28)15-9-14-12-23-26(19(14)22-11-15)16-3-1-2-4-16/h5-6,9-12,16H,1-4,7-8H2,(H,24,27)(H,25,28). The summed E-state index contributed by atoms with van der Waals surface area (Å²) in [7, 11) is 0. The maximum atomic E-state index is 12.5. The van der Waals surface area contributed by atoms with E-state index in [4.69, 9.17) is 9.47 Å². The van der Waals surface area contributed by atoms with Gasteiger partial charge in [0.25, 0.3) is 11.8 Å². The van der Waals surface area contributed by atoms with E-state index < -0.39 is 11.8 Å². The Morgan fingerprint density at radius 3 is 2.47 bits per heavy atom. The summed E-state index contributed by atoms with van der Waals surface area (Å²) in [6, 6.07) is 6.97. The van der Waals surface area contributed by atoms with E-state index in [1.807, 2.05) is 4.68 Å². The number of hydrogen-bond acceptors (Lipinski definition) is 6. The zero-order valence-electron chi connectivity index (χ0n) is 16.3. The molecule has 9 nitrogen and oxygen atoms in total. The molecule has 0 radical (unpaired) electrons. The van der Waals surface area contributed by atoms with Crippen molar-refractivity contribution < 1.29 is 19.1 Å². The Hall–Kier alpha value is -3.62. The van der Waals surface area contributed by atoms with Crippen molar-refractivity contribution in [3.63, 3.8) is 0 Å². The largest absolute Gasteiger partial charge is 0.486 e. The van der Waals surface area contributed by atoms with Gasteiger partial charge < -0.3 is 9.47 Å². The summed E-state index contributed by atoms with van der Waals surface area (Å²) >= 11 is 0. The van der Waals surface area contributed by atoms with E-state index in [0.717, 1.165) is 23.9 Å². The van der Waals surface area contributed by atoms with Crippen LogP contribution in [0.5, 0.6) is 11.5 Å². The highest BCUT2D eigenvalue weighted by atomic mass is 16.6. The number of rotatable bonds is 3. The van der Waals surface area contributed by atoms with Gasteiger partial charge in [0.1, 0.15) is 13.2 Å². The fourth-order valence-corrected chi connectivity index (χ4v) is 3.92. The minimum Gasteiger partial charge on any atom is -0.486 e. The smallest absolute Gasteiger partial charge is 0.271 e. The fraction of sp³-hybridized carbons (Fsp3) is 0.333. The van der Waals surface area contributed by atoms with Crippen molar-refractivity contribution in [3.8, 4) is 11.5 Å². The van der Waals surface area contributed by atoms with Crippen LogP contribution in [-0.4, -0.2) is 39.8 Å². The Labute approximate surface area is 172 Å². The molecular weight excluding hydrogens is 386 g/mol. The Kier molecular flexibility index (Phi) is 4.70. The average molecular weight is 407 g/mol. The van der Waals surface area contributed by atoms with Crippen LogP contribution in [0.4, 0.5) is 0 Å². The number of ether oxygens (including phenoxy) is 2. The summed E-state index contributed by atoms with van der Waals surface area (Å²) in [6.07, 6.45) is 7.84. The van der Waals surface area contributed by atoms with Gasteiger partial charge in [0.15, 0.2) is 17.1 Å². The number of pyridine rings is 1. The van der Waals surface area contributed by atoms with Gasteiger partial charge in [-0.05, 0) is 37.1 Å². The second-order valence-corrected chi connectivity index (χ2v) is 7.43. The van der Waals surface area contributed by atoms with Crippen LogP contribution >= 0.6 is 0 Å². The lowest BCUT2D eigenvalue weighted by Crippen LogP contribution is -2.41. The molecule has 9 heteroatoms. The molecule has 0 atom stereocenters. The van der Waals surface area contributed by atoms with Crippen LogP contribution in [-0.2, 0) is 0 Å². The monoisotopic (exact) mass is 407 g/mol. The van der Waals surface area contributed by atoms with Crippen LogP contribution in [0.2, 0.25) is 0 Å². The van der Waals surface area contributed by atoms with Crippen molar-refractivity contribution >= 4 is 22.8 Å². The van der Waals surface area contributed by atoms with Crippen LogP contribution in [0.3, 0.4) is 0 Å². The summed E-state index contributed by atoms with van der Waals surface area (Å²) in [6.45, 7) is 0.911. The molecule has 2 aliphatic rings. The summed E-state index contributed by atoms with van der Waals surface area (Å²) in [5.41, 5.74) is 6.32. The molecule has 5 rings (SSSR count). The molecule has 2 amide bonds. The Morgan fingerprint density at radius 1 is 0.933 bits per heavy atom. The van der Waals surface area contributed by atoms with E-state index in [9.17, 15) is 9.59 Å². The number of hydrazine groups is 1. The average Bonchev–Trinajstić information content (AvgIpc) is 3.46. The molecule has 1 aromatic carbocycles. The SMILES string of the molecule is O=C(NNC(=O)c1cnc2c(cnn2C2CCCC2)c1)c1ccc2c(c1)OCCO2. The highest BCUT2D eigenvalue weighted by Crippen LogP contribution is 2.31. The van der Waals surface area contributed by atoms with Crippen molar-refractivity contribution in [2.24, 2.45) is 0 Å². The molecule has 1 fully saturated rings. The number of carbonyl (C=O) groups is 2. The molecule has 0 spiro atoms. The third kappa shape index (κ3) is 3.42. The predicted octanol–water partition coefficient (Wildman–Crippen LogP) is 2.39. The molecule has 2 aromatic heterocycles.